The molecule has 3 rings (SSSR count). The Morgan fingerprint density at radius 2 is 1.79 bits per heavy atom. The van der Waals surface area contributed by atoms with E-state index in [1.807, 2.05) is 0 Å². The van der Waals surface area contributed by atoms with E-state index in [1.165, 1.54) is 0 Å². The molecule has 0 unspecified atom stereocenters. The highest BCUT2D eigenvalue weighted by atomic mass is 32.2. The Morgan fingerprint density at radius 1 is 1.11 bits per heavy atom. The van der Waals surface area contributed by atoms with E-state index in [0.717, 1.165) is 18.2 Å². The van der Waals surface area contributed by atoms with Crippen LogP contribution in [0, 0.1) is 17.1 Å². The Bertz CT molecular complexity index is 1000. The molecule has 1 aliphatic heterocycles. The van der Waals surface area contributed by atoms with Crippen LogP contribution >= 0.6 is 11.8 Å². The van der Waals surface area contributed by atoms with Gasteiger partial charge in [0.05, 0.1) is 22.8 Å². The number of hydrogen-bond acceptors (Lipinski definition) is 6. The molecule has 0 aliphatic carbocycles. The van der Waals surface area contributed by atoms with Gasteiger partial charge in [0.25, 0.3) is 0 Å². The quantitative estimate of drug-likeness (QED) is 0.496. The highest BCUT2D eigenvalue weighted by molar-refractivity contribution is 8.01. The van der Waals surface area contributed by atoms with Crippen LogP contribution in [0.3, 0.4) is 0 Å². The first-order chi connectivity index (χ1) is 13.1. The van der Waals surface area contributed by atoms with Gasteiger partial charge in [0.1, 0.15) is 17.3 Å². The van der Waals surface area contributed by atoms with Gasteiger partial charge in [-0.25, -0.2) is 4.39 Å². The third-order valence-corrected chi connectivity index (χ3v) is 4.81. The van der Waals surface area contributed by atoms with E-state index >= 15 is 0 Å². The lowest BCUT2D eigenvalue weighted by molar-refractivity contribution is -0.342. The minimum atomic E-state index is -4.98. The summed E-state index contributed by atoms with van der Waals surface area (Å²) in [6.45, 7) is 0. The maximum absolute atomic E-state index is 13.5. The number of carbonyl (C=O) groups excluding carboxylic acids is 1. The molecule has 1 heterocycles. The molecule has 12 heteroatoms. The Morgan fingerprint density at radius 3 is 2.36 bits per heavy atom. The Kier molecular flexibility index (Phi) is 5.00. The van der Waals surface area contributed by atoms with E-state index in [0.29, 0.717) is 12.1 Å². The zero-order chi connectivity index (χ0) is 20.7. The van der Waals surface area contributed by atoms with Crippen LogP contribution in [0.2, 0.25) is 0 Å². The van der Waals surface area contributed by atoms with E-state index in [2.05, 4.69) is 9.88 Å². The molecule has 0 spiro atoms. The van der Waals surface area contributed by atoms with Gasteiger partial charge in [-0.3, -0.25) is 4.79 Å². The first-order valence-electron chi connectivity index (χ1n) is 7.11. The van der Waals surface area contributed by atoms with Crippen LogP contribution in [0.15, 0.2) is 35.2 Å². The zero-order valence-electron chi connectivity index (χ0n) is 13.1. The number of Topliss-reactive ketones (excluding diaryl/α,β-unsaturated/α-hetero) is 1. The number of nitrogens with zero attached hydrogens (tertiary/aromatic N) is 1. The van der Waals surface area contributed by atoms with Gasteiger partial charge in [-0.05, 0) is 45.1 Å². The average molecular weight is 421 g/mol. The molecule has 0 bridgehead atoms. The number of ketones is 1. The predicted octanol–water partition coefficient (Wildman–Crippen LogP) is 5.25. The SMILES string of the molecule is N#Cc1cc(F)cc(Oc2ccc(C(F)(F)F)c3c2C(=O)C(OF)(OF)S3)c1. The maximum Gasteiger partial charge on any atom is 0.417 e. The van der Waals surface area contributed by atoms with Crippen molar-refractivity contribution in [2.45, 2.75) is 16.2 Å². The van der Waals surface area contributed by atoms with E-state index in [4.69, 9.17) is 10.00 Å². The van der Waals surface area contributed by atoms with Gasteiger partial charge in [-0.1, -0.05) is 0 Å². The summed E-state index contributed by atoms with van der Waals surface area (Å²) in [6.07, 6.45) is -4.98. The molecule has 0 radical (unpaired) electrons. The van der Waals surface area contributed by atoms with Crippen LogP contribution in [0.25, 0.3) is 0 Å². The third kappa shape index (κ3) is 3.28. The molecule has 0 saturated heterocycles. The summed E-state index contributed by atoms with van der Waals surface area (Å²) in [5.74, 6) is -3.44. The van der Waals surface area contributed by atoms with E-state index < -0.39 is 44.7 Å². The van der Waals surface area contributed by atoms with E-state index in [1.54, 1.807) is 6.07 Å². The normalized spacial score (nSPS) is 15.2. The van der Waals surface area contributed by atoms with E-state index in [9.17, 15) is 31.4 Å². The van der Waals surface area contributed by atoms with Crippen molar-refractivity contribution < 1.29 is 46.0 Å². The van der Waals surface area contributed by atoms with Crippen molar-refractivity contribution >= 4 is 17.5 Å². The second-order valence-corrected chi connectivity index (χ2v) is 6.49. The van der Waals surface area contributed by atoms with Crippen LogP contribution in [0.5, 0.6) is 11.5 Å². The van der Waals surface area contributed by atoms with Gasteiger partial charge in [-0.2, -0.15) is 18.4 Å². The van der Waals surface area contributed by atoms with Gasteiger partial charge in [0, 0.05) is 11.0 Å². The number of ether oxygens (including phenoxy) is 1. The minimum Gasteiger partial charge on any atom is -0.456 e. The summed E-state index contributed by atoms with van der Waals surface area (Å²) in [5, 5.41) is 5.51. The smallest absolute Gasteiger partial charge is 0.417 e. The number of nitriles is 1. The van der Waals surface area contributed by atoms with Crippen molar-refractivity contribution in [2.24, 2.45) is 0 Å². The molecule has 0 aromatic heterocycles. The molecule has 0 atom stereocenters. The lowest BCUT2D eigenvalue weighted by atomic mass is 10.0. The Hall–Kier alpha value is -2.75. The summed E-state index contributed by atoms with van der Waals surface area (Å²) in [4.78, 5) is 17.8. The fourth-order valence-electron chi connectivity index (χ4n) is 2.45. The summed E-state index contributed by atoms with van der Waals surface area (Å²) in [7, 11) is 0. The summed E-state index contributed by atoms with van der Waals surface area (Å²) >= 11 is -0.290. The molecular weight excluding hydrogens is 416 g/mol. The van der Waals surface area contributed by atoms with Crippen molar-refractivity contribution in [1.29, 1.82) is 5.26 Å². The monoisotopic (exact) mass is 421 g/mol. The first-order valence-corrected chi connectivity index (χ1v) is 7.93. The molecule has 0 saturated carbocycles. The topological polar surface area (TPSA) is 68.5 Å². The fourth-order valence-corrected chi connectivity index (χ4v) is 3.57. The molecule has 146 valence electrons. The molecule has 0 fully saturated rings. The average Bonchev–Trinajstić information content (AvgIpc) is 2.94. The van der Waals surface area contributed by atoms with Crippen molar-refractivity contribution in [2.75, 3.05) is 0 Å². The zero-order valence-corrected chi connectivity index (χ0v) is 14.0. The van der Waals surface area contributed by atoms with Crippen LogP contribution < -0.4 is 4.74 Å². The molecule has 2 aromatic carbocycles. The first kappa shape index (κ1) is 20.0. The van der Waals surface area contributed by atoms with Crippen LogP contribution in [-0.4, -0.2) is 10.9 Å². The molecule has 28 heavy (non-hydrogen) atoms. The van der Waals surface area contributed by atoms with Crippen molar-refractivity contribution in [3.8, 4) is 17.6 Å². The number of hydrogen-bond donors (Lipinski definition) is 0. The van der Waals surface area contributed by atoms with Crippen LogP contribution in [0.4, 0.5) is 26.6 Å². The number of thioether (sulfide) groups is 1. The molecule has 2 aromatic rings. The molecule has 1 aliphatic rings. The summed E-state index contributed by atoms with van der Waals surface area (Å²) in [6, 6.07) is 5.56. The molecule has 0 amide bonds. The summed E-state index contributed by atoms with van der Waals surface area (Å²) in [5.41, 5.74) is -2.44. The Balaban J connectivity index is 2.16. The highest BCUT2D eigenvalue weighted by Crippen LogP contribution is 2.54. The lowest BCUT2D eigenvalue weighted by Gasteiger charge is -2.14. The number of alkyl halides is 3. The number of halogens is 6. The third-order valence-electron chi connectivity index (χ3n) is 3.60. The number of fused-ring (bicyclic) bond motifs is 1. The second kappa shape index (κ2) is 7.01. The van der Waals surface area contributed by atoms with Gasteiger partial charge in [0.15, 0.2) is 0 Å². The van der Waals surface area contributed by atoms with Crippen LogP contribution in [0.1, 0.15) is 21.5 Å². The number of rotatable bonds is 4. The number of benzene rings is 2. The van der Waals surface area contributed by atoms with Crippen molar-refractivity contribution in [3.05, 3.63) is 52.8 Å². The minimum absolute atomic E-state index is 0.173. The molecular formula is C16H5F6NO4S. The fraction of sp³-hybridized carbons (Fsp3) is 0.125. The summed E-state index contributed by atoms with van der Waals surface area (Å²) < 4.78 is 84.0. The second-order valence-electron chi connectivity index (χ2n) is 5.34. The van der Waals surface area contributed by atoms with E-state index in [-0.39, 0.29) is 23.1 Å². The van der Waals surface area contributed by atoms with Crippen LogP contribution in [-0.2, 0) is 16.1 Å². The molecule has 0 N–H and O–H groups in total. The van der Waals surface area contributed by atoms with Crippen molar-refractivity contribution in [1.82, 2.24) is 0 Å². The van der Waals surface area contributed by atoms with Gasteiger partial charge in [0.2, 0.25) is 5.78 Å². The predicted molar refractivity (Wildman–Crippen MR) is 79.9 cm³/mol. The Labute approximate surface area is 156 Å². The van der Waals surface area contributed by atoms with Gasteiger partial charge >= 0.3 is 11.3 Å². The standard InChI is InChI=1S/C16H5F6NO4S/c17-8-3-7(6-23)4-9(5-8)25-11-2-1-10(15(18,19)20)13-12(11)14(24)16(26-21,27-22)28-13/h1-5H. The lowest BCUT2D eigenvalue weighted by Crippen LogP contribution is -2.33. The van der Waals surface area contributed by atoms with Gasteiger partial charge < -0.3 is 4.74 Å². The largest absolute Gasteiger partial charge is 0.456 e. The van der Waals surface area contributed by atoms with Gasteiger partial charge in [-0.15, -0.1) is 9.88 Å². The molecule has 5 nitrogen and oxygen atoms in total. The van der Waals surface area contributed by atoms with Crippen molar-refractivity contribution in [3.63, 3.8) is 0 Å². The number of carbonyl (C=O) groups is 1. The maximum atomic E-state index is 13.5. The highest BCUT2D eigenvalue weighted by Gasteiger charge is 2.57.